The summed E-state index contributed by atoms with van der Waals surface area (Å²) in [6.45, 7) is 0. The molecule has 0 N–H and O–H groups in total. The highest BCUT2D eigenvalue weighted by Gasteiger charge is 1.98. The van der Waals surface area contributed by atoms with E-state index in [4.69, 9.17) is 16.9 Å². The van der Waals surface area contributed by atoms with Crippen LogP contribution in [0.5, 0.6) is 0 Å². The predicted octanol–water partition coefficient (Wildman–Crippen LogP) is 2.15. The summed E-state index contributed by atoms with van der Waals surface area (Å²) >= 11 is 5.77. The molecule has 3 nitrogen and oxygen atoms in total. The van der Waals surface area contributed by atoms with E-state index in [2.05, 4.69) is 9.97 Å². The first-order valence-corrected chi connectivity index (χ1v) is 4.00. The molecular formula is C9H4ClN3. The molecule has 0 spiro atoms. The van der Waals surface area contributed by atoms with Gasteiger partial charge in [0.1, 0.15) is 6.07 Å². The Bertz CT molecular complexity index is 502. The summed E-state index contributed by atoms with van der Waals surface area (Å²) < 4.78 is 0. The zero-order valence-electron chi connectivity index (χ0n) is 6.53. The number of halogens is 1. The Labute approximate surface area is 79.6 Å². The lowest BCUT2D eigenvalue weighted by atomic mass is 10.2. The zero-order valence-corrected chi connectivity index (χ0v) is 7.28. The van der Waals surface area contributed by atoms with Crippen LogP contribution < -0.4 is 0 Å². The maximum atomic E-state index is 8.56. The summed E-state index contributed by atoms with van der Waals surface area (Å²) in [6.07, 6.45) is 1.61. The van der Waals surface area contributed by atoms with Crippen molar-refractivity contribution in [3.05, 3.63) is 35.2 Å². The molecule has 0 saturated carbocycles. The second kappa shape index (κ2) is 3.00. The Hall–Kier alpha value is -1.66. The number of aromatic nitrogens is 2. The second-order valence-electron chi connectivity index (χ2n) is 2.51. The van der Waals surface area contributed by atoms with Gasteiger partial charge in [-0.05, 0) is 18.2 Å². The minimum Gasteiger partial charge on any atom is -0.227 e. The van der Waals surface area contributed by atoms with Crippen molar-refractivity contribution in [2.24, 2.45) is 0 Å². The van der Waals surface area contributed by atoms with Crippen LogP contribution in [0, 0.1) is 11.3 Å². The van der Waals surface area contributed by atoms with Crippen LogP contribution in [0.1, 0.15) is 5.82 Å². The van der Waals surface area contributed by atoms with Gasteiger partial charge in [-0.15, -0.1) is 0 Å². The van der Waals surface area contributed by atoms with Crippen molar-refractivity contribution in [2.75, 3.05) is 0 Å². The van der Waals surface area contributed by atoms with Crippen molar-refractivity contribution in [3.63, 3.8) is 0 Å². The molecule has 0 bridgehead atoms. The van der Waals surface area contributed by atoms with Gasteiger partial charge in [0, 0.05) is 16.6 Å². The van der Waals surface area contributed by atoms with Gasteiger partial charge in [-0.25, -0.2) is 9.97 Å². The molecule has 0 atom stereocenters. The maximum absolute atomic E-state index is 8.56. The molecule has 0 aliphatic carbocycles. The van der Waals surface area contributed by atoms with Crippen LogP contribution >= 0.6 is 11.6 Å². The van der Waals surface area contributed by atoms with Gasteiger partial charge in [0.15, 0.2) is 0 Å². The van der Waals surface area contributed by atoms with Gasteiger partial charge in [0.05, 0.1) is 5.52 Å². The molecule has 13 heavy (non-hydrogen) atoms. The minimum atomic E-state index is 0.162. The summed E-state index contributed by atoms with van der Waals surface area (Å²) in [7, 11) is 0. The van der Waals surface area contributed by atoms with Crippen LogP contribution in [0.3, 0.4) is 0 Å². The summed E-state index contributed by atoms with van der Waals surface area (Å²) in [5.41, 5.74) is 0.694. The van der Waals surface area contributed by atoms with Crippen LogP contribution in [0.25, 0.3) is 10.9 Å². The molecular weight excluding hydrogens is 186 g/mol. The van der Waals surface area contributed by atoms with Gasteiger partial charge in [-0.1, -0.05) is 11.6 Å². The molecule has 2 rings (SSSR count). The molecule has 62 valence electrons. The van der Waals surface area contributed by atoms with Crippen molar-refractivity contribution in [1.29, 1.82) is 5.26 Å². The molecule has 0 fully saturated rings. The fourth-order valence-electron chi connectivity index (χ4n) is 1.05. The van der Waals surface area contributed by atoms with Crippen LogP contribution in [0.15, 0.2) is 24.4 Å². The Morgan fingerprint density at radius 1 is 1.38 bits per heavy atom. The summed E-state index contributed by atoms with van der Waals surface area (Å²) in [6, 6.07) is 7.16. The second-order valence-corrected chi connectivity index (χ2v) is 2.94. The highest BCUT2D eigenvalue weighted by atomic mass is 35.5. The molecule has 0 aliphatic rings. The molecule has 0 saturated heterocycles. The van der Waals surface area contributed by atoms with Gasteiger partial charge < -0.3 is 0 Å². The number of benzene rings is 1. The van der Waals surface area contributed by atoms with Crippen LogP contribution in [0.2, 0.25) is 5.02 Å². The molecule has 0 aliphatic heterocycles. The van der Waals surface area contributed by atoms with E-state index in [1.165, 1.54) is 0 Å². The maximum Gasteiger partial charge on any atom is 0.232 e. The van der Waals surface area contributed by atoms with Gasteiger partial charge in [0.2, 0.25) is 5.82 Å². The van der Waals surface area contributed by atoms with E-state index in [0.29, 0.717) is 10.5 Å². The van der Waals surface area contributed by atoms with Gasteiger partial charge in [-0.2, -0.15) is 5.26 Å². The van der Waals surface area contributed by atoms with E-state index in [1.807, 2.05) is 12.1 Å². The number of nitrogens with zero attached hydrogens (tertiary/aromatic N) is 3. The fourth-order valence-corrected chi connectivity index (χ4v) is 1.22. The molecule has 4 heteroatoms. The van der Waals surface area contributed by atoms with Gasteiger partial charge >= 0.3 is 0 Å². The Morgan fingerprint density at radius 2 is 2.23 bits per heavy atom. The molecule has 0 radical (unpaired) electrons. The van der Waals surface area contributed by atoms with Gasteiger partial charge in [-0.3, -0.25) is 0 Å². The summed E-state index contributed by atoms with van der Waals surface area (Å²) in [5.74, 6) is 0.162. The Kier molecular flexibility index (Phi) is 1.84. The van der Waals surface area contributed by atoms with E-state index < -0.39 is 0 Å². The molecule has 2 aromatic rings. The van der Waals surface area contributed by atoms with Crippen molar-refractivity contribution < 1.29 is 0 Å². The number of fused-ring (bicyclic) bond motifs is 1. The molecule has 0 amide bonds. The highest BCUT2D eigenvalue weighted by Crippen LogP contribution is 2.16. The average molecular weight is 190 g/mol. The third-order valence-corrected chi connectivity index (χ3v) is 1.88. The fraction of sp³-hybridized carbons (Fsp3) is 0. The van der Waals surface area contributed by atoms with E-state index in [9.17, 15) is 0 Å². The zero-order chi connectivity index (χ0) is 9.26. The first kappa shape index (κ1) is 7.96. The Balaban J connectivity index is 2.77. The third-order valence-electron chi connectivity index (χ3n) is 1.64. The molecule has 1 heterocycles. The first-order chi connectivity index (χ1) is 6.29. The lowest BCUT2D eigenvalue weighted by molar-refractivity contribution is 1.16. The van der Waals surface area contributed by atoms with E-state index in [1.54, 1.807) is 18.3 Å². The van der Waals surface area contributed by atoms with Crippen molar-refractivity contribution >= 4 is 22.5 Å². The standard InChI is InChI=1S/C9H4ClN3/c10-7-2-1-6-5-12-9(4-11)13-8(6)3-7/h1-3,5H. The average Bonchev–Trinajstić information content (AvgIpc) is 2.16. The third kappa shape index (κ3) is 1.44. The molecule has 1 aromatic carbocycles. The topological polar surface area (TPSA) is 49.6 Å². The number of hydrogen-bond acceptors (Lipinski definition) is 3. The summed E-state index contributed by atoms with van der Waals surface area (Å²) in [4.78, 5) is 7.84. The monoisotopic (exact) mass is 189 g/mol. The summed E-state index contributed by atoms with van der Waals surface area (Å²) in [5, 5.41) is 10.0. The van der Waals surface area contributed by atoms with Crippen LogP contribution in [-0.2, 0) is 0 Å². The van der Waals surface area contributed by atoms with Gasteiger partial charge in [0.25, 0.3) is 0 Å². The lowest BCUT2D eigenvalue weighted by Gasteiger charge is -1.96. The SMILES string of the molecule is N#Cc1ncc2ccc(Cl)cc2n1. The molecule has 0 unspecified atom stereocenters. The van der Waals surface area contributed by atoms with Crippen LogP contribution in [0.4, 0.5) is 0 Å². The number of rotatable bonds is 0. The number of nitriles is 1. The highest BCUT2D eigenvalue weighted by molar-refractivity contribution is 6.31. The Morgan fingerprint density at radius 3 is 3.00 bits per heavy atom. The normalized spacial score (nSPS) is 9.85. The van der Waals surface area contributed by atoms with E-state index in [-0.39, 0.29) is 5.82 Å². The minimum absolute atomic E-state index is 0.162. The smallest absolute Gasteiger partial charge is 0.227 e. The lowest BCUT2D eigenvalue weighted by Crippen LogP contribution is -1.88. The van der Waals surface area contributed by atoms with Crippen molar-refractivity contribution in [3.8, 4) is 6.07 Å². The molecule has 1 aromatic heterocycles. The van der Waals surface area contributed by atoms with Crippen LogP contribution in [-0.4, -0.2) is 9.97 Å². The van der Waals surface area contributed by atoms with E-state index in [0.717, 1.165) is 5.39 Å². The van der Waals surface area contributed by atoms with Crippen molar-refractivity contribution in [2.45, 2.75) is 0 Å². The number of hydrogen-bond donors (Lipinski definition) is 0. The van der Waals surface area contributed by atoms with E-state index >= 15 is 0 Å². The quantitative estimate of drug-likeness (QED) is 0.638. The predicted molar refractivity (Wildman–Crippen MR) is 49.3 cm³/mol. The van der Waals surface area contributed by atoms with Crippen molar-refractivity contribution in [1.82, 2.24) is 9.97 Å². The first-order valence-electron chi connectivity index (χ1n) is 3.62. The largest absolute Gasteiger partial charge is 0.232 e.